The highest BCUT2D eigenvalue weighted by molar-refractivity contribution is 5.43. The molecule has 0 saturated heterocycles. The molecule has 0 heterocycles. The fraction of sp³-hybridized carbons (Fsp3) is 0.467. The van der Waals surface area contributed by atoms with Gasteiger partial charge in [-0.15, -0.1) is 0 Å². The molecule has 2 nitrogen and oxygen atoms in total. The molecular formula is C15H18O2. The first-order valence-electron chi connectivity index (χ1n) is 6.13. The van der Waals surface area contributed by atoms with E-state index in [1.165, 1.54) is 19.3 Å². The van der Waals surface area contributed by atoms with Crippen LogP contribution in [0, 0.1) is 24.7 Å². The zero-order chi connectivity index (χ0) is 12.1. The molecule has 0 spiro atoms. The molecule has 0 radical (unpaired) electrons. The number of aliphatic hydroxyl groups excluding tert-OH is 1. The Labute approximate surface area is 103 Å². The van der Waals surface area contributed by atoms with Crippen LogP contribution >= 0.6 is 0 Å². The summed E-state index contributed by atoms with van der Waals surface area (Å²) in [4.78, 5) is 0. The van der Waals surface area contributed by atoms with Gasteiger partial charge in [-0.3, -0.25) is 0 Å². The highest BCUT2D eigenvalue weighted by atomic mass is 16.5. The van der Waals surface area contributed by atoms with Gasteiger partial charge in [-0.25, -0.2) is 0 Å². The van der Waals surface area contributed by atoms with Gasteiger partial charge in [0.2, 0.25) is 0 Å². The zero-order valence-corrected chi connectivity index (χ0v) is 10.2. The van der Waals surface area contributed by atoms with Gasteiger partial charge < -0.3 is 9.84 Å². The van der Waals surface area contributed by atoms with E-state index in [-0.39, 0.29) is 6.61 Å². The van der Waals surface area contributed by atoms with Gasteiger partial charge in [0.15, 0.2) is 0 Å². The zero-order valence-electron chi connectivity index (χ0n) is 10.2. The quantitative estimate of drug-likeness (QED) is 0.808. The molecule has 1 N–H and O–H groups in total. The van der Waals surface area contributed by atoms with Crippen molar-refractivity contribution in [2.24, 2.45) is 5.92 Å². The lowest BCUT2D eigenvalue weighted by atomic mass is 9.86. The van der Waals surface area contributed by atoms with Crippen molar-refractivity contribution >= 4 is 0 Å². The summed E-state index contributed by atoms with van der Waals surface area (Å²) < 4.78 is 5.80. The Morgan fingerprint density at radius 3 is 2.82 bits per heavy atom. The Hall–Kier alpha value is -1.46. The van der Waals surface area contributed by atoms with E-state index in [4.69, 9.17) is 9.84 Å². The molecule has 0 bridgehead atoms. The van der Waals surface area contributed by atoms with Crippen molar-refractivity contribution in [1.82, 2.24) is 0 Å². The Morgan fingerprint density at radius 2 is 2.24 bits per heavy atom. The van der Waals surface area contributed by atoms with Crippen LogP contribution < -0.4 is 4.74 Å². The monoisotopic (exact) mass is 230 g/mol. The van der Waals surface area contributed by atoms with Crippen LogP contribution in [0.2, 0.25) is 0 Å². The van der Waals surface area contributed by atoms with Crippen LogP contribution in [0.3, 0.4) is 0 Å². The summed E-state index contributed by atoms with van der Waals surface area (Å²) in [5.74, 6) is 7.24. The second-order valence-electron chi connectivity index (χ2n) is 4.55. The van der Waals surface area contributed by atoms with Crippen LogP contribution in [0.15, 0.2) is 18.2 Å². The standard InChI is InChI=1S/C15H18O2/c1-12-10-13(6-3-9-16)7-8-15(12)17-11-14-4-2-5-14/h7-8,10,14,16H,2,4-5,9,11H2,1H3. The fourth-order valence-electron chi connectivity index (χ4n) is 1.90. The molecule has 0 unspecified atom stereocenters. The second-order valence-corrected chi connectivity index (χ2v) is 4.55. The number of aliphatic hydroxyl groups is 1. The Morgan fingerprint density at radius 1 is 1.41 bits per heavy atom. The third kappa shape index (κ3) is 3.25. The molecule has 90 valence electrons. The van der Waals surface area contributed by atoms with Gasteiger partial charge >= 0.3 is 0 Å². The third-order valence-corrected chi connectivity index (χ3v) is 3.19. The molecule has 1 saturated carbocycles. The van der Waals surface area contributed by atoms with Gasteiger partial charge in [0.1, 0.15) is 12.4 Å². The highest BCUT2D eigenvalue weighted by Gasteiger charge is 2.18. The van der Waals surface area contributed by atoms with Crippen LogP contribution in [-0.4, -0.2) is 18.3 Å². The lowest BCUT2D eigenvalue weighted by Gasteiger charge is -2.25. The van der Waals surface area contributed by atoms with Crippen molar-refractivity contribution in [3.05, 3.63) is 29.3 Å². The maximum absolute atomic E-state index is 8.63. The smallest absolute Gasteiger partial charge is 0.122 e. The van der Waals surface area contributed by atoms with E-state index in [1.54, 1.807) is 0 Å². The molecule has 2 rings (SSSR count). The summed E-state index contributed by atoms with van der Waals surface area (Å²) in [6.07, 6.45) is 3.96. The number of hydrogen-bond donors (Lipinski definition) is 1. The van der Waals surface area contributed by atoms with Crippen molar-refractivity contribution in [3.8, 4) is 17.6 Å². The molecule has 1 aromatic rings. The van der Waals surface area contributed by atoms with Crippen LogP contribution in [0.1, 0.15) is 30.4 Å². The molecule has 1 aliphatic carbocycles. The van der Waals surface area contributed by atoms with Crippen LogP contribution in [-0.2, 0) is 0 Å². The topological polar surface area (TPSA) is 29.5 Å². The first kappa shape index (κ1) is 12.0. The van der Waals surface area contributed by atoms with E-state index >= 15 is 0 Å². The summed E-state index contributed by atoms with van der Waals surface area (Å²) in [5, 5.41) is 8.63. The molecule has 0 amide bonds. The SMILES string of the molecule is Cc1cc(C#CCO)ccc1OCC1CCC1. The van der Waals surface area contributed by atoms with Crippen molar-refractivity contribution in [2.75, 3.05) is 13.2 Å². The van der Waals surface area contributed by atoms with E-state index in [1.807, 2.05) is 25.1 Å². The Bertz CT molecular complexity index is 436. The van der Waals surface area contributed by atoms with Crippen LogP contribution in [0.25, 0.3) is 0 Å². The summed E-state index contributed by atoms with van der Waals surface area (Å²) >= 11 is 0. The normalized spacial score (nSPS) is 14.7. The predicted molar refractivity (Wildman–Crippen MR) is 68.0 cm³/mol. The number of rotatable bonds is 3. The minimum absolute atomic E-state index is 0.0982. The van der Waals surface area contributed by atoms with Crippen molar-refractivity contribution < 1.29 is 9.84 Å². The molecule has 1 aliphatic rings. The Balaban J connectivity index is 1.97. The van der Waals surface area contributed by atoms with Crippen molar-refractivity contribution in [2.45, 2.75) is 26.2 Å². The van der Waals surface area contributed by atoms with Gasteiger partial charge in [0.05, 0.1) is 6.61 Å². The molecule has 2 heteroatoms. The van der Waals surface area contributed by atoms with E-state index in [0.717, 1.165) is 29.4 Å². The summed E-state index contributed by atoms with van der Waals surface area (Å²) in [7, 11) is 0. The first-order valence-corrected chi connectivity index (χ1v) is 6.13. The van der Waals surface area contributed by atoms with Gasteiger partial charge in [-0.2, -0.15) is 0 Å². The number of ether oxygens (including phenoxy) is 1. The van der Waals surface area contributed by atoms with E-state index < -0.39 is 0 Å². The lowest BCUT2D eigenvalue weighted by Crippen LogP contribution is -2.19. The Kier molecular flexibility index (Phi) is 4.06. The maximum Gasteiger partial charge on any atom is 0.122 e. The van der Waals surface area contributed by atoms with Gasteiger partial charge in [-0.05, 0) is 49.4 Å². The van der Waals surface area contributed by atoms with E-state index in [2.05, 4.69) is 11.8 Å². The molecule has 17 heavy (non-hydrogen) atoms. The lowest BCUT2D eigenvalue weighted by molar-refractivity contribution is 0.180. The van der Waals surface area contributed by atoms with Gasteiger partial charge in [0, 0.05) is 5.56 Å². The number of aryl methyl sites for hydroxylation is 1. The van der Waals surface area contributed by atoms with E-state index in [9.17, 15) is 0 Å². The number of benzene rings is 1. The first-order chi connectivity index (χ1) is 8.29. The number of hydrogen-bond acceptors (Lipinski definition) is 2. The van der Waals surface area contributed by atoms with Crippen molar-refractivity contribution in [1.29, 1.82) is 0 Å². The largest absolute Gasteiger partial charge is 0.493 e. The van der Waals surface area contributed by atoms with Crippen molar-refractivity contribution in [3.63, 3.8) is 0 Å². The van der Waals surface area contributed by atoms with Crippen LogP contribution in [0.5, 0.6) is 5.75 Å². The molecule has 0 aromatic heterocycles. The molecule has 1 fully saturated rings. The predicted octanol–water partition coefficient (Wildman–Crippen LogP) is 2.52. The summed E-state index contributed by atoms with van der Waals surface area (Å²) in [6.45, 7) is 2.77. The van der Waals surface area contributed by atoms with Crippen LogP contribution in [0.4, 0.5) is 0 Å². The van der Waals surface area contributed by atoms with E-state index in [0.29, 0.717) is 0 Å². The van der Waals surface area contributed by atoms with Gasteiger partial charge in [0.25, 0.3) is 0 Å². The second kappa shape index (κ2) is 5.75. The average molecular weight is 230 g/mol. The third-order valence-electron chi connectivity index (χ3n) is 3.19. The average Bonchev–Trinajstić information content (AvgIpc) is 2.27. The van der Waals surface area contributed by atoms with Gasteiger partial charge in [-0.1, -0.05) is 18.3 Å². The minimum Gasteiger partial charge on any atom is -0.493 e. The summed E-state index contributed by atoms with van der Waals surface area (Å²) in [5.41, 5.74) is 2.03. The maximum atomic E-state index is 8.63. The molecule has 0 atom stereocenters. The minimum atomic E-state index is -0.0982. The molecule has 0 aliphatic heterocycles. The molecular weight excluding hydrogens is 212 g/mol. The molecule has 1 aromatic carbocycles. The highest BCUT2D eigenvalue weighted by Crippen LogP contribution is 2.28. The summed E-state index contributed by atoms with van der Waals surface area (Å²) in [6, 6.07) is 5.90. The fourth-order valence-corrected chi connectivity index (χ4v) is 1.90.